The number of amides is 1. The number of hydrogen-bond acceptors (Lipinski definition) is 2. The summed E-state index contributed by atoms with van der Waals surface area (Å²) in [5, 5.41) is 12.8. The molecule has 0 saturated carbocycles. The van der Waals surface area contributed by atoms with Crippen molar-refractivity contribution < 1.29 is 14.7 Å². The van der Waals surface area contributed by atoms with Crippen molar-refractivity contribution in [3.63, 3.8) is 0 Å². The van der Waals surface area contributed by atoms with Gasteiger partial charge in [0.25, 0.3) is 0 Å². The minimum absolute atomic E-state index is 0.0353. The van der Waals surface area contributed by atoms with Gasteiger partial charge in [0.1, 0.15) is 0 Å². The van der Waals surface area contributed by atoms with Crippen LogP contribution in [-0.2, 0) is 4.79 Å². The molecule has 0 heterocycles. The van der Waals surface area contributed by atoms with E-state index in [-0.39, 0.29) is 23.6 Å². The summed E-state index contributed by atoms with van der Waals surface area (Å²) >= 11 is 11.8. The van der Waals surface area contributed by atoms with Crippen LogP contribution in [0.1, 0.15) is 34.8 Å². The smallest absolute Gasteiger partial charge is 0.337 e. The van der Waals surface area contributed by atoms with Crippen molar-refractivity contribution in [1.82, 2.24) is 0 Å². The third-order valence-electron chi connectivity index (χ3n) is 3.28. The Hall–Kier alpha value is -2.30. The van der Waals surface area contributed by atoms with Crippen LogP contribution in [0.4, 0.5) is 5.69 Å². The number of hydrogen-bond donors (Lipinski definition) is 2. The number of carbonyl (C=O) groups is 2. The summed E-state index contributed by atoms with van der Waals surface area (Å²) in [5.74, 6) is -1.34. The molecule has 24 heavy (non-hydrogen) atoms. The highest BCUT2D eigenvalue weighted by Crippen LogP contribution is 2.24. The lowest BCUT2D eigenvalue weighted by Crippen LogP contribution is -2.13. The number of anilines is 1. The summed E-state index contributed by atoms with van der Waals surface area (Å²) < 4.78 is 0. The van der Waals surface area contributed by atoms with Gasteiger partial charge in [0.15, 0.2) is 0 Å². The summed E-state index contributed by atoms with van der Waals surface area (Å²) in [4.78, 5) is 22.9. The first-order valence-electron chi connectivity index (χ1n) is 7.21. The SMILES string of the molecule is CCC(=O)Nc1ccc(C=Cc2ccc(Cl)c(Cl)c2)cc1C(=O)O. The van der Waals surface area contributed by atoms with Crippen molar-refractivity contribution in [3.05, 3.63) is 63.1 Å². The third kappa shape index (κ3) is 4.60. The molecule has 6 heteroatoms. The number of aromatic carboxylic acids is 1. The Bertz CT molecular complexity index is 816. The largest absolute Gasteiger partial charge is 0.478 e. The van der Waals surface area contributed by atoms with Gasteiger partial charge < -0.3 is 10.4 Å². The Kier molecular flexibility index (Phi) is 6.01. The molecule has 2 aromatic carbocycles. The molecule has 0 aliphatic heterocycles. The zero-order valence-corrected chi connectivity index (χ0v) is 14.4. The molecular formula is C18H15Cl2NO3. The van der Waals surface area contributed by atoms with E-state index in [9.17, 15) is 14.7 Å². The van der Waals surface area contributed by atoms with Crippen LogP contribution < -0.4 is 5.32 Å². The van der Waals surface area contributed by atoms with Crippen LogP contribution in [0.3, 0.4) is 0 Å². The van der Waals surface area contributed by atoms with E-state index in [2.05, 4.69) is 5.32 Å². The van der Waals surface area contributed by atoms with Gasteiger partial charge in [-0.05, 0) is 35.4 Å². The quantitative estimate of drug-likeness (QED) is 0.716. The molecule has 124 valence electrons. The molecule has 0 spiro atoms. The molecule has 2 aromatic rings. The standard InChI is InChI=1S/C18H15Cl2NO3/c1-2-17(22)21-16-8-6-11(9-13(16)18(23)24)3-4-12-5-7-14(19)15(20)10-12/h3-10H,2H2,1H3,(H,21,22)(H,23,24). The summed E-state index contributed by atoms with van der Waals surface area (Å²) in [7, 11) is 0. The van der Waals surface area contributed by atoms with E-state index in [1.165, 1.54) is 6.07 Å². The van der Waals surface area contributed by atoms with Crippen molar-refractivity contribution >= 4 is 52.9 Å². The second kappa shape index (κ2) is 7.99. The van der Waals surface area contributed by atoms with Gasteiger partial charge in [0, 0.05) is 6.42 Å². The Morgan fingerprint density at radius 1 is 1.04 bits per heavy atom. The molecular weight excluding hydrogens is 349 g/mol. The van der Waals surface area contributed by atoms with Crippen LogP contribution in [0.15, 0.2) is 36.4 Å². The first-order valence-corrected chi connectivity index (χ1v) is 7.96. The molecule has 0 aliphatic rings. The molecule has 0 saturated heterocycles. The monoisotopic (exact) mass is 363 g/mol. The minimum Gasteiger partial charge on any atom is -0.478 e. The molecule has 0 fully saturated rings. The lowest BCUT2D eigenvalue weighted by atomic mass is 10.1. The van der Waals surface area contributed by atoms with Crippen LogP contribution in [-0.4, -0.2) is 17.0 Å². The Morgan fingerprint density at radius 2 is 1.67 bits per heavy atom. The third-order valence-corrected chi connectivity index (χ3v) is 4.02. The number of carboxylic acids is 1. The van der Waals surface area contributed by atoms with Gasteiger partial charge in [-0.15, -0.1) is 0 Å². The molecule has 2 N–H and O–H groups in total. The summed E-state index contributed by atoms with van der Waals surface area (Å²) in [5.41, 5.74) is 1.84. The maximum absolute atomic E-state index is 11.5. The van der Waals surface area contributed by atoms with Crippen molar-refractivity contribution in [2.24, 2.45) is 0 Å². The molecule has 2 rings (SSSR count). The normalized spacial score (nSPS) is 10.8. The van der Waals surface area contributed by atoms with E-state index < -0.39 is 5.97 Å². The van der Waals surface area contributed by atoms with E-state index in [0.29, 0.717) is 15.6 Å². The van der Waals surface area contributed by atoms with Crippen LogP contribution >= 0.6 is 23.2 Å². The predicted molar refractivity (Wildman–Crippen MR) is 97.7 cm³/mol. The number of nitrogens with one attached hydrogen (secondary N) is 1. The van der Waals surface area contributed by atoms with E-state index in [1.807, 2.05) is 0 Å². The van der Waals surface area contributed by atoms with Crippen molar-refractivity contribution in [3.8, 4) is 0 Å². The van der Waals surface area contributed by atoms with Crippen molar-refractivity contribution in [1.29, 1.82) is 0 Å². The topological polar surface area (TPSA) is 66.4 Å². The average molecular weight is 364 g/mol. The molecule has 0 radical (unpaired) electrons. The Labute approximate surface area is 149 Å². The Balaban J connectivity index is 2.29. The zero-order chi connectivity index (χ0) is 17.7. The lowest BCUT2D eigenvalue weighted by Gasteiger charge is -2.08. The first kappa shape index (κ1) is 18.0. The fraction of sp³-hybridized carbons (Fsp3) is 0.111. The molecule has 0 atom stereocenters. The van der Waals surface area contributed by atoms with E-state index >= 15 is 0 Å². The highest BCUT2D eigenvalue weighted by atomic mass is 35.5. The first-order chi connectivity index (χ1) is 11.4. The van der Waals surface area contributed by atoms with Gasteiger partial charge in [-0.1, -0.05) is 54.4 Å². The molecule has 4 nitrogen and oxygen atoms in total. The second-order valence-electron chi connectivity index (χ2n) is 5.02. The number of carboxylic acid groups (broad SMARTS) is 1. The maximum Gasteiger partial charge on any atom is 0.337 e. The average Bonchev–Trinajstić information content (AvgIpc) is 2.56. The number of benzene rings is 2. The van der Waals surface area contributed by atoms with Gasteiger partial charge in [-0.2, -0.15) is 0 Å². The number of rotatable bonds is 5. The van der Waals surface area contributed by atoms with Crippen molar-refractivity contribution in [2.45, 2.75) is 13.3 Å². The molecule has 0 bridgehead atoms. The van der Waals surface area contributed by atoms with Crippen LogP contribution in [0.25, 0.3) is 12.2 Å². The van der Waals surface area contributed by atoms with Crippen molar-refractivity contribution in [2.75, 3.05) is 5.32 Å². The van der Waals surface area contributed by atoms with E-state index in [0.717, 1.165) is 5.56 Å². The highest BCUT2D eigenvalue weighted by molar-refractivity contribution is 6.42. The van der Waals surface area contributed by atoms with Gasteiger partial charge in [-0.25, -0.2) is 4.79 Å². The molecule has 0 unspecified atom stereocenters. The predicted octanol–water partition coefficient (Wildman–Crippen LogP) is 5.21. The fourth-order valence-corrected chi connectivity index (χ4v) is 2.31. The molecule has 0 aliphatic carbocycles. The van der Waals surface area contributed by atoms with Crippen LogP contribution in [0.2, 0.25) is 10.0 Å². The number of halogens is 2. The summed E-state index contributed by atoms with van der Waals surface area (Å²) in [6.45, 7) is 1.70. The summed E-state index contributed by atoms with van der Waals surface area (Å²) in [6.07, 6.45) is 3.84. The maximum atomic E-state index is 11.5. The van der Waals surface area contributed by atoms with Crippen LogP contribution in [0, 0.1) is 0 Å². The Morgan fingerprint density at radius 3 is 2.25 bits per heavy atom. The van der Waals surface area contributed by atoms with E-state index in [1.54, 1.807) is 49.4 Å². The van der Waals surface area contributed by atoms with Crippen LogP contribution in [0.5, 0.6) is 0 Å². The fourth-order valence-electron chi connectivity index (χ4n) is 2.00. The van der Waals surface area contributed by atoms with Gasteiger partial charge in [0.05, 0.1) is 21.3 Å². The lowest BCUT2D eigenvalue weighted by molar-refractivity contribution is -0.115. The molecule has 1 amide bonds. The summed E-state index contributed by atoms with van der Waals surface area (Å²) in [6, 6.07) is 10.0. The van der Waals surface area contributed by atoms with E-state index in [4.69, 9.17) is 23.2 Å². The second-order valence-corrected chi connectivity index (χ2v) is 5.83. The minimum atomic E-state index is -1.11. The van der Waals surface area contributed by atoms with Gasteiger partial charge >= 0.3 is 5.97 Å². The van der Waals surface area contributed by atoms with Gasteiger partial charge in [-0.3, -0.25) is 4.79 Å². The molecule has 0 aromatic heterocycles. The zero-order valence-electron chi connectivity index (χ0n) is 12.8. The highest BCUT2D eigenvalue weighted by Gasteiger charge is 2.12. The number of carbonyl (C=O) groups excluding carboxylic acids is 1. The van der Waals surface area contributed by atoms with Gasteiger partial charge in [0.2, 0.25) is 5.91 Å².